The molecule has 26 heavy (non-hydrogen) atoms. The SMILES string of the molecule is CCNC(=O)Nc1ccc2ncc(Nc3ccc(O)c(OC)c3)nc2n1. The van der Waals surface area contributed by atoms with Gasteiger partial charge in [0.25, 0.3) is 0 Å². The first kappa shape index (κ1) is 17.2. The molecule has 0 fully saturated rings. The number of aromatic hydroxyl groups is 1. The number of aromatic nitrogens is 3. The summed E-state index contributed by atoms with van der Waals surface area (Å²) < 4.78 is 5.08. The minimum atomic E-state index is -0.335. The quantitative estimate of drug-likeness (QED) is 0.520. The Hall–Kier alpha value is -3.62. The summed E-state index contributed by atoms with van der Waals surface area (Å²) in [5, 5.41) is 18.0. The third-order valence-electron chi connectivity index (χ3n) is 3.44. The van der Waals surface area contributed by atoms with Crippen molar-refractivity contribution in [1.29, 1.82) is 0 Å². The van der Waals surface area contributed by atoms with Crippen LogP contribution >= 0.6 is 0 Å². The molecule has 0 aliphatic rings. The van der Waals surface area contributed by atoms with Gasteiger partial charge in [0.2, 0.25) is 0 Å². The number of ether oxygens (including phenoxy) is 1. The smallest absolute Gasteiger partial charge is 0.320 e. The van der Waals surface area contributed by atoms with Crippen molar-refractivity contribution in [3.8, 4) is 11.5 Å². The Morgan fingerprint density at radius 3 is 2.77 bits per heavy atom. The van der Waals surface area contributed by atoms with Gasteiger partial charge in [-0.15, -0.1) is 0 Å². The summed E-state index contributed by atoms with van der Waals surface area (Å²) in [6, 6.07) is 7.89. The number of fused-ring (bicyclic) bond motifs is 1. The maximum absolute atomic E-state index is 11.6. The summed E-state index contributed by atoms with van der Waals surface area (Å²) in [4.78, 5) is 24.6. The molecule has 0 bridgehead atoms. The van der Waals surface area contributed by atoms with E-state index in [1.165, 1.54) is 13.2 Å². The van der Waals surface area contributed by atoms with E-state index in [0.29, 0.717) is 40.8 Å². The highest BCUT2D eigenvalue weighted by atomic mass is 16.5. The van der Waals surface area contributed by atoms with Crippen LogP contribution in [0.2, 0.25) is 0 Å². The van der Waals surface area contributed by atoms with Crippen molar-refractivity contribution in [1.82, 2.24) is 20.3 Å². The molecule has 0 aliphatic carbocycles. The first-order valence-electron chi connectivity index (χ1n) is 7.91. The van der Waals surface area contributed by atoms with Crippen molar-refractivity contribution < 1.29 is 14.6 Å². The summed E-state index contributed by atoms with van der Waals surface area (Å²) in [5.41, 5.74) is 1.65. The van der Waals surface area contributed by atoms with Crippen molar-refractivity contribution in [2.45, 2.75) is 6.92 Å². The number of phenolic OH excluding ortho intramolecular Hbond substituents is 1. The van der Waals surface area contributed by atoms with Crippen molar-refractivity contribution in [3.05, 3.63) is 36.5 Å². The highest BCUT2D eigenvalue weighted by Crippen LogP contribution is 2.29. The minimum absolute atomic E-state index is 0.0467. The fourth-order valence-corrected chi connectivity index (χ4v) is 2.25. The summed E-state index contributed by atoms with van der Waals surface area (Å²) in [6.45, 7) is 2.35. The Kier molecular flexibility index (Phi) is 4.97. The number of hydrogen-bond acceptors (Lipinski definition) is 7. The van der Waals surface area contributed by atoms with Gasteiger partial charge in [-0.05, 0) is 31.2 Å². The van der Waals surface area contributed by atoms with Gasteiger partial charge in [-0.25, -0.2) is 19.7 Å². The average Bonchev–Trinajstić information content (AvgIpc) is 2.63. The van der Waals surface area contributed by atoms with Gasteiger partial charge in [0.15, 0.2) is 23.0 Å². The predicted molar refractivity (Wildman–Crippen MR) is 98.0 cm³/mol. The average molecular weight is 354 g/mol. The lowest BCUT2D eigenvalue weighted by atomic mass is 10.2. The largest absolute Gasteiger partial charge is 0.504 e. The molecule has 0 atom stereocenters. The van der Waals surface area contributed by atoms with E-state index >= 15 is 0 Å². The molecule has 3 aromatic rings. The van der Waals surface area contributed by atoms with E-state index in [-0.39, 0.29) is 11.8 Å². The molecule has 0 saturated carbocycles. The van der Waals surface area contributed by atoms with Gasteiger partial charge in [0.05, 0.1) is 13.3 Å². The van der Waals surface area contributed by atoms with Gasteiger partial charge in [-0.1, -0.05) is 0 Å². The molecule has 9 heteroatoms. The molecule has 0 radical (unpaired) electrons. The first-order valence-corrected chi connectivity index (χ1v) is 7.91. The maximum Gasteiger partial charge on any atom is 0.320 e. The van der Waals surface area contributed by atoms with E-state index in [1.807, 2.05) is 6.92 Å². The Labute approximate surface area is 149 Å². The number of nitrogens with zero attached hydrogens (tertiary/aromatic N) is 3. The van der Waals surface area contributed by atoms with E-state index in [9.17, 15) is 9.90 Å². The zero-order valence-electron chi connectivity index (χ0n) is 14.3. The normalized spacial score (nSPS) is 10.4. The molecule has 0 saturated heterocycles. The molecule has 1 aromatic carbocycles. The highest BCUT2D eigenvalue weighted by Gasteiger charge is 2.07. The van der Waals surface area contributed by atoms with Crippen LogP contribution < -0.4 is 20.7 Å². The van der Waals surface area contributed by atoms with Gasteiger partial charge in [-0.2, -0.15) is 0 Å². The highest BCUT2D eigenvalue weighted by molar-refractivity contribution is 5.89. The van der Waals surface area contributed by atoms with Crippen LogP contribution in [0.25, 0.3) is 11.2 Å². The topological polar surface area (TPSA) is 121 Å². The fourth-order valence-electron chi connectivity index (χ4n) is 2.25. The Morgan fingerprint density at radius 1 is 1.19 bits per heavy atom. The third kappa shape index (κ3) is 3.89. The molecule has 2 aromatic heterocycles. The van der Waals surface area contributed by atoms with E-state index in [1.54, 1.807) is 30.5 Å². The lowest BCUT2D eigenvalue weighted by molar-refractivity contribution is 0.252. The molecule has 0 spiro atoms. The number of amides is 2. The van der Waals surface area contributed by atoms with Crippen LogP contribution in [0.1, 0.15) is 6.92 Å². The standard InChI is InChI=1S/C17H18N6O3/c1-3-18-17(25)23-14-7-5-11-16(21-14)22-15(9-19-11)20-10-4-6-12(24)13(8-10)26-2/h4-9,24H,3H2,1-2H3,(H3,18,20,21,22,23,25). The number of carbonyl (C=O) groups excluding carboxylic acids is 1. The summed E-state index contributed by atoms with van der Waals surface area (Å²) in [7, 11) is 1.47. The number of carbonyl (C=O) groups is 1. The van der Waals surface area contributed by atoms with Crippen LogP contribution in [0.15, 0.2) is 36.5 Å². The number of nitrogens with one attached hydrogen (secondary N) is 3. The molecular weight excluding hydrogens is 336 g/mol. The Morgan fingerprint density at radius 2 is 2.00 bits per heavy atom. The maximum atomic E-state index is 11.6. The second-order valence-electron chi connectivity index (χ2n) is 5.29. The van der Waals surface area contributed by atoms with Gasteiger partial charge < -0.3 is 20.5 Å². The number of hydrogen-bond donors (Lipinski definition) is 4. The molecular formula is C17H18N6O3. The van der Waals surface area contributed by atoms with Crippen LogP contribution in [0, 0.1) is 0 Å². The molecule has 0 unspecified atom stereocenters. The van der Waals surface area contributed by atoms with Crippen molar-refractivity contribution in [2.75, 3.05) is 24.3 Å². The number of urea groups is 1. The lowest BCUT2D eigenvalue weighted by Gasteiger charge is -2.09. The minimum Gasteiger partial charge on any atom is -0.504 e. The fraction of sp³-hybridized carbons (Fsp3) is 0.176. The zero-order valence-corrected chi connectivity index (χ0v) is 14.3. The summed E-state index contributed by atoms with van der Waals surface area (Å²) in [5.74, 6) is 1.23. The van der Waals surface area contributed by atoms with Gasteiger partial charge in [-0.3, -0.25) is 5.32 Å². The molecule has 2 amide bonds. The number of rotatable bonds is 5. The molecule has 9 nitrogen and oxygen atoms in total. The Balaban J connectivity index is 1.84. The van der Waals surface area contributed by atoms with Crippen molar-refractivity contribution in [2.24, 2.45) is 0 Å². The predicted octanol–water partition coefficient (Wildman–Crippen LogP) is 2.62. The summed E-state index contributed by atoms with van der Waals surface area (Å²) in [6.07, 6.45) is 1.57. The van der Waals surface area contributed by atoms with E-state index in [4.69, 9.17) is 4.74 Å². The van der Waals surface area contributed by atoms with Crippen molar-refractivity contribution >= 4 is 34.5 Å². The molecule has 134 valence electrons. The number of benzene rings is 1. The van der Waals surface area contributed by atoms with E-state index < -0.39 is 0 Å². The molecule has 3 rings (SSSR count). The first-order chi connectivity index (χ1) is 12.6. The van der Waals surface area contributed by atoms with E-state index in [2.05, 4.69) is 30.9 Å². The van der Waals surface area contributed by atoms with Crippen LogP contribution in [0.4, 0.5) is 22.1 Å². The second kappa shape index (κ2) is 7.51. The van der Waals surface area contributed by atoms with Crippen LogP contribution in [0.3, 0.4) is 0 Å². The zero-order chi connectivity index (χ0) is 18.5. The third-order valence-corrected chi connectivity index (χ3v) is 3.44. The molecule has 4 N–H and O–H groups in total. The van der Waals surface area contributed by atoms with E-state index in [0.717, 1.165) is 0 Å². The Bertz CT molecular complexity index is 947. The van der Waals surface area contributed by atoms with Crippen molar-refractivity contribution in [3.63, 3.8) is 0 Å². The molecule has 2 heterocycles. The monoisotopic (exact) mass is 354 g/mol. The number of methoxy groups -OCH3 is 1. The van der Waals surface area contributed by atoms with Gasteiger partial charge in [0, 0.05) is 18.3 Å². The molecule has 0 aliphatic heterocycles. The van der Waals surface area contributed by atoms with Gasteiger partial charge in [0.1, 0.15) is 11.3 Å². The lowest BCUT2D eigenvalue weighted by Crippen LogP contribution is -2.28. The number of anilines is 3. The van der Waals surface area contributed by atoms with Gasteiger partial charge >= 0.3 is 6.03 Å². The van der Waals surface area contributed by atoms with Crippen LogP contribution in [-0.2, 0) is 0 Å². The number of pyridine rings is 1. The second-order valence-corrected chi connectivity index (χ2v) is 5.29. The number of phenols is 1. The van der Waals surface area contributed by atoms with Crippen LogP contribution in [-0.4, -0.2) is 39.7 Å². The summed E-state index contributed by atoms with van der Waals surface area (Å²) >= 11 is 0. The van der Waals surface area contributed by atoms with Crippen LogP contribution in [0.5, 0.6) is 11.5 Å².